The summed E-state index contributed by atoms with van der Waals surface area (Å²) in [7, 11) is 1.62. The lowest BCUT2D eigenvalue weighted by molar-refractivity contribution is 0.252. The highest BCUT2D eigenvalue weighted by Crippen LogP contribution is 1.99. The van der Waals surface area contributed by atoms with E-state index in [4.69, 9.17) is 4.74 Å². The second-order valence-electron chi connectivity index (χ2n) is 2.59. The summed E-state index contributed by atoms with van der Waals surface area (Å²) < 4.78 is 4.99. The molecule has 0 spiro atoms. The Morgan fingerprint density at radius 2 is 2.08 bits per heavy atom. The smallest absolute Gasteiger partial charge is 0.0757 e. The van der Waals surface area contributed by atoms with Crippen LogP contribution in [-0.4, -0.2) is 22.9 Å². The summed E-state index contributed by atoms with van der Waals surface area (Å²) in [4.78, 5) is 0. The molecule has 0 amide bonds. The molecular weight excluding hydrogens is 164 g/mol. The normalized spacial score (nSPS) is 11.8. The first-order valence-corrected chi connectivity index (χ1v) is 5.95. The van der Waals surface area contributed by atoms with Crippen molar-refractivity contribution in [1.82, 2.24) is 0 Å². The predicted molar refractivity (Wildman–Crippen MR) is 55.9 cm³/mol. The Balaban J connectivity index is 2.36. The largest absolute Gasteiger partial charge is 0.388 e. The van der Waals surface area contributed by atoms with Crippen LogP contribution in [0.5, 0.6) is 0 Å². The van der Waals surface area contributed by atoms with Crippen molar-refractivity contribution in [2.24, 2.45) is 0 Å². The average molecular weight is 178 g/mol. The third kappa shape index (κ3) is 3.51. The fraction of sp³-hybridized carbons (Fsp3) is 0.200. The summed E-state index contributed by atoms with van der Waals surface area (Å²) in [6.45, 7) is 0. The number of benzene rings is 1. The van der Waals surface area contributed by atoms with Crippen LogP contribution < -0.4 is 0 Å². The monoisotopic (exact) mass is 178 g/mol. The van der Waals surface area contributed by atoms with Crippen LogP contribution >= 0.6 is 0 Å². The molecule has 0 aliphatic carbocycles. The predicted octanol–water partition coefficient (Wildman–Crippen LogP) is 1.43. The van der Waals surface area contributed by atoms with E-state index in [9.17, 15) is 0 Å². The summed E-state index contributed by atoms with van der Waals surface area (Å²) in [6.07, 6.45) is 3.11. The van der Waals surface area contributed by atoms with Crippen LogP contribution in [0.15, 0.2) is 36.0 Å². The van der Waals surface area contributed by atoms with Crippen LogP contribution in [0, 0.1) is 0 Å². The topological polar surface area (TPSA) is 9.23 Å². The Bertz CT molecular complexity index is 231. The first-order valence-electron chi connectivity index (χ1n) is 4.14. The molecule has 0 radical (unpaired) electrons. The first-order chi connectivity index (χ1) is 5.93. The fourth-order valence-electron chi connectivity index (χ4n) is 0.969. The van der Waals surface area contributed by atoms with Crippen LogP contribution in [0.3, 0.4) is 0 Å². The molecule has 1 rings (SSSR count). The van der Waals surface area contributed by atoms with E-state index in [0.717, 1.165) is 6.23 Å². The number of rotatable bonds is 4. The average Bonchev–Trinajstić information content (AvgIpc) is 2.14. The maximum Gasteiger partial charge on any atom is 0.0757 e. The number of ether oxygens (including phenoxy) is 1. The van der Waals surface area contributed by atoms with Gasteiger partial charge in [-0.25, -0.2) is 0 Å². The Kier molecular flexibility index (Phi) is 4.42. The zero-order valence-electron chi connectivity index (χ0n) is 7.36. The van der Waals surface area contributed by atoms with Gasteiger partial charge >= 0.3 is 0 Å². The fourth-order valence-corrected chi connectivity index (χ4v) is 1.78. The Morgan fingerprint density at radius 1 is 1.33 bits per heavy atom. The Labute approximate surface area is 75.9 Å². The maximum atomic E-state index is 4.99. The number of hydrogen-bond donors (Lipinski definition) is 0. The van der Waals surface area contributed by atoms with Crippen molar-refractivity contribution < 1.29 is 4.74 Å². The van der Waals surface area contributed by atoms with E-state index >= 15 is 0 Å². The van der Waals surface area contributed by atoms with E-state index in [1.165, 1.54) is 5.56 Å². The van der Waals surface area contributed by atoms with Crippen LogP contribution in [-0.2, 0) is 4.74 Å². The molecular formula is C10H14OSi. The summed E-state index contributed by atoms with van der Waals surface area (Å²) in [5.74, 6) is 0. The van der Waals surface area contributed by atoms with Crippen molar-refractivity contribution in [3.8, 4) is 0 Å². The first kappa shape index (κ1) is 9.23. The maximum absolute atomic E-state index is 4.99. The quantitative estimate of drug-likeness (QED) is 0.500. The second kappa shape index (κ2) is 5.74. The third-order valence-electron chi connectivity index (χ3n) is 1.60. The molecule has 0 saturated heterocycles. The summed E-state index contributed by atoms with van der Waals surface area (Å²) in [5.41, 5.74) is 3.54. The highest BCUT2D eigenvalue weighted by molar-refractivity contribution is 6.42. The van der Waals surface area contributed by atoms with Gasteiger partial charge in [-0.1, -0.05) is 42.1 Å². The van der Waals surface area contributed by atoms with E-state index in [-0.39, 0.29) is 9.52 Å². The molecule has 0 aliphatic heterocycles. The molecule has 0 N–H and O–H groups in total. The van der Waals surface area contributed by atoms with Crippen molar-refractivity contribution in [2.75, 3.05) is 13.3 Å². The van der Waals surface area contributed by atoms with Crippen molar-refractivity contribution in [1.29, 1.82) is 0 Å². The van der Waals surface area contributed by atoms with E-state index in [1.54, 1.807) is 7.11 Å². The summed E-state index contributed by atoms with van der Waals surface area (Å²) in [5, 5.41) is 0. The number of hydrogen-bond acceptors (Lipinski definition) is 1. The van der Waals surface area contributed by atoms with Gasteiger partial charge in [0.2, 0.25) is 0 Å². The van der Waals surface area contributed by atoms with Crippen molar-refractivity contribution in [2.45, 2.75) is 0 Å². The molecule has 1 aromatic rings. The zero-order chi connectivity index (χ0) is 8.65. The molecule has 0 unspecified atom stereocenters. The summed E-state index contributed by atoms with van der Waals surface area (Å²) in [6, 6.07) is 10.4. The summed E-state index contributed by atoms with van der Waals surface area (Å²) >= 11 is 0. The highest BCUT2D eigenvalue weighted by Gasteiger charge is 1.82. The Hall–Kier alpha value is -0.863. The van der Waals surface area contributed by atoms with E-state index in [1.807, 2.05) is 6.07 Å². The van der Waals surface area contributed by atoms with Crippen molar-refractivity contribution >= 4 is 15.6 Å². The lowest BCUT2D eigenvalue weighted by atomic mass is 10.2. The van der Waals surface area contributed by atoms with Gasteiger partial charge in [0.05, 0.1) is 9.52 Å². The van der Waals surface area contributed by atoms with E-state index in [0.29, 0.717) is 0 Å². The van der Waals surface area contributed by atoms with Crippen LogP contribution in [0.25, 0.3) is 6.08 Å². The molecule has 12 heavy (non-hydrogen) atoms. The molecule has 0 heterocycles. The molecule has 0 bridgehead atoms. The molecule has 1 nitrogen and oxygen atoms in total. The van der Waals surface area contributed by atoms with Crippen molar-refractivity contribution in [3.63, 3.8) is 0 Å². The molecule has 1 aromatic carbocycles. The lowest BCUT2D eigenvalue weighted by Gasteiger charge is -1.91. The van der Waals surface area contributed by atoms with Crippen LogP contribution in [0.4, 0.5) is 0 Å². The van der Waals surface area contributed by atoms with Crippen molar-refractivity contribution in [3.05, 3.63) is 41.6 Å². The molecule has 0 fully saturated rings. The standard InChI is InChI=1S/C10H14OSi/c1-11-9-12-8-7-10-5-3-2-4-6-10/h2-8H,9,12H2,1H3. The van der Waals surface area contributed by atoms with Gasteiger partial charge in [0, 0.05) is 13.3 Å². The number of methoxy groups -OCH3 is 1. The molecule has 0 saturated carbocycles. The third-order valence-corrected chi connectivity index (χ3v) is 2.81. The molecule has 0 atom stereocenters. The van der Waals surface area contributed by atoms with Gasteiger partial charge < -0.3 is 4.74 Å². The van der Waals surface area contributed by atoms with Gasteiger partial charge in [0.25, 0.3) is 0 Å². The minimum absolute atomic E-state index is 0.135. The van der Waals surface area contributed by atoms with E-state index in [2.05, 4.69) is 36.0 Å². The zero-order valence-corrected chi connectivity index (χ0v) is 8.78. The molecule has 64 valence electrons. The second-order valence-corrected chi connectivity index (χ2v) is 4.05. The van der Waals surface area contributed by atoms with Gasteiger partial charge in [-0.2, -0.15) is 0 Å². The molecule has 2 heteroatoms. The van der Waals surface area contributed by atoms with Gasteiger partial charge in [-0.15, -0.1) is 0 Å². The van der Waals surface area contributed by atoms with Gasteiger partial charge in [-0.05, 0) is 5.56 Å². The highest BCUT2D eigenvalue weighted by atomic mass is 28.2. The van der Waals surface area contributed by atoms with Gasteiger partial charge in [0.1, 0.15) is 0 Å². The van der Waals surface area contributed by atoms with Crippen LogP contribution in [0.2, 0.25) is 0 Å². The SMILES string of the molecule is COC[SiH2]C=Cc1ccccc1. The van der Waals surface area contributed by atoms with Crippen LogP contribution in [0.1, 0.15) is 5.56 Å². The van der Waals surface area contributed by atoms with Gasteiger partial charge in [-0.3, -0.25) is 0 Å². The molecule has 0 aliphatic rings. The minimum atomic E-state index is -0.135. The minimum Gasteiger partial charge on any atom is -0.388 e. The van der Waals surface area contributed by atoms with Gasteiger partial charge in [0.15, 0.2) is 0 Å². The molecule has 0 aromatic heterocycles. The van der Waals surface area contributed by atoms with E-state index < -0.39 is 0 Å². The lowest BCUT2D eigenvalue weighted by Crippen LogP contribution is -1.95. The Morgan fingerprint density at radius 3 is 2.75 bits per heavy atom.